The van der Waals surface area contributed by atoms with E-state index in [1.165, 1.54) is 0 Å². The molecule has 4 N–H and O–H groups in total. The highest BCUT2D eigenvalue weighted by molar-refractivity contribution is 5.88. The molecule has 0 aliphatic carbocycles. The van der Waals surface area contributed by atoms with E-state index in [0.717, 1.165) is 11.1 Å². The average molecular weight is 348 g/mol. The Labute approximate surface area is 146 Å². The van der Waals surface area contributed by atoms with Crippen LogP contribution in [0.4, 0.5) is 0 Å². The minimum Gasteiger partial charge on any atom is -0.379 e. The van der Waals surface area contributed by atoms with Gasteiger partial charge in [-0.05, 0) is 23.6 Å². The molecule has 0 bridgehead atoms. The molecule has 0 aliphatic rings. The third kappa shape index (κ3) is 8.71. The number of rotatable bonds is 11. The molecule has 9 nitrogen and oxygen atoms in total. The van der Waals surface area contributed by atoms with Crippen LogP contribution in [0, 0.1) is 0 Å². The van der Waals surface area contributed by atoms with Crippen LogP contribution in [0.3, 0.4) is 0 Å². The van der Waals surface area contributed by atoms with Crippen molar-refractivity contribution in [1.29, 1.82) is 0 Å². The van der Waals surface area contributed by atoms with Crippen molar-refractivity contribution >= 4 is 11.8 Å². The lowest BCUT2D eigenvalue weighted by molar-refractivity contribution is -0.128. The molecule has 1 atom stereocenters. The molecular formula is C16H24N6O3. The minimum absolute atomic E-state index is 0.199. The number of azide groups is 1. The number of benzene rings is 1. The van der Waals surface area contributed by atoms with Gasteiger partial charge >= 0.3 is 0 Å². The monoisotopic (exact) mass is 348 g/mol. The molecule has 2 amide bonds. The summed E-state index contributed by atoms with van der Waals surface area (Å²) >= 11 is 0. The summed E-state index contributed by atoms with van der Waals surface area (Å²) in [5, 5.41) is 8.64. The van der Waals surface area contributed by atoms with E-state index in [2.05, 4.69) is 20.7 Å². The van der Waals surface area contributed by atoms with Crippen molar-refractivity contribution in [2.24, 2.45) is 10.8 Å². The maximum Gasteiger partial charge on any atom is 0.242 e. The molecule has 0 radical (unpaired) electrons. The van der Waals surface area contributed by atoms with Gasteiger partial charge in [-0.15, -0.1) is 0 Å². The van der Waals surface area contributed by atoms with Gasteiger partial charge in [-0.2, -0.15) is 0 Å². The Morgan fingerprint density at radius 3 is 2.60 bits per heavy atom. The summed E-state index contributed by atoms with van der Waals surface area (Å²) in [7, 11) is 0. The van der Waals surface area contributed by atoms with Crippen LogP contribution in [-0.4, -0.2) is 44.2 Å². The summed E-state index contributed by atoms with van der Waals surface area (Å²) in [5.74, 6) is -0.515. The largest absolute Gasteiger partial charge is 0.379 e. The highest BCUT2D eigenvalue weighted by Crippen LogP contribution is 2.04. The second kappa shape index (κ2) is 11.9. The average Bonchev–Trinajstić information content (AvgIpc) is 2.61. The lowest BCUT2D eigenvalue weighted by Gasteiger charge is -2.14. The second-order valence-electron chi connectivity index (χ2n) is 5.34. The molecule has 25 heavy (non-hydrogen) atoms. The molecule has 0 aliphatic heterocycles. The first-order chi connectivity index (χ1) is 12.1. The van der Waals surface area contributed by atoms with Crippen molar-refractivity contribution in [3.63, 3.8) is 0 Å². The SMILES string of the molecule is C[C@H](NC(=O)Cc1ccc(CN)cc1)C(=O)NCCOCCN=[N+]=[N-]. The normalized spacial score (nSPS) is 11.3. The fourth-order valence-electron chi connectivity index (χ4n) is 1.99. The van der Waals surface area contributed by atoms with Gasteiger partial charge in [-0.3, -0.25) is 9.59 Å². The molecule has 0 saturated heterocycles. The van der Waals surface area contributed by atoms with Crippen LogP contribution in [0.2, 0.25) is 0 Å². The molecule has 1 aromatic rings. The van der Waals surface area contributed by atoms with Gasteiger partial charge in [0.1, 0.15) is 6.04 Å². The number of hydrogen-bond acceptors (Lipinski definition) is 5. The molecule has 9 heteroatoms. The number of hydrogen-bond donors (Lipinski definition) is 3. The van der Waals surface area contributed by atoms with Crippen molar-refractivity contribution in [3.8, 4) is 0 Å². The van der Waals surface area contributed by atoms with E-state index in [-0.39, 0.29) is 24.8 Å². The summed E-state index contributed by atoms with van der Waals surface area (Å²) in [6.07, 6.45) is 0.199. The number of nitrogens with one attached hydrogen (secondary N) is 2. The summed E-state index contributed by atoms with van der Waals surface area (Å²) in [6.45, 7) is 3.25. The van der Waals surface area contributed by atoms with Gasteiger partial charge in [0, 0.05) is 24.5 Å². The summed E-state index contributed by atoms with van der Waals surface area (Å²) in [5.41, 5.74) is 15.5. The van der Waals surface area contributed by atoms with Gasteiger partial charge < -0.3 is 21.1 Å². The van der Waals surface area contributed by atoms with Crippen LogP contribution in [0.25, 0.3) is 10.4 Å². The first kappa shape index (κ1) is 20.4. The Morgan fingerprint density at radius 1 is 1.28 bits per heavy atom. The van der Waals surface area contributed by atoms with E-state index >= 15 is 0 Å². The van der Waals surface area contributed by atoms with E-state index in [0.29, 0.717) is 26.3 Å². The van der Waals surface area contributed by atoms with Gasteiger partial charge in [0.25, 0.3) is 0 Å². The summed E-state index contributed by atoms with van der Waals surface area (Å²) in [6, 6.07) is 6.81. The molecule has 0 aromatic heterocycles. The van der Waals surface area contributed by atoms with Crippen molar-refractivity contribution in [3.05, 3.63) is 45.8 Å². The number of amides is 2. The van der Waals surface area contributed by atoms with Gasteiger partial charge in [0.2, 0.25) is 11.8 Å². The fourth-order valence-corrected chi connectivity index (χ4v) is 1.99. The number of nitrogens with two attached hydrogens (primary N) is 1. The standard InChI is InChI=1S/C16H24N6O3/c1-12(16(24)19-6-8-25-9-7-20-22-18)21-15(23)10-13-2-4-14(11-17)5-3-13/h2-5,12H,6-11,17H2,1H3,(H,19,24)(H,21,23)/t12-/m0/s1. The molecule has 0 saturated carbocycles. The Morgan fingerprint density at radius 2 is 1.96 bits per heavy atom. The van der Waals surface area contributed by atoms with E-state index in [9.17, 15) is 9.59 Å². The van der Waals surface area contributed by atoms with E-state index < -0.39 is 6.04 Å². The molecule has 136 valence electrons. The zero-order valence-electron chi connectivity index (χ0n) is 14.3. The third-order valence-corrected chi connectivity index (χ3v) is 3.34. The first-order valence-corrected chi connectivity index (χ1v) is 8.00. The fraction of sp³-hybridized carbons (Fsp3) is 0.500. The Bertz CT molecular complexity index is 598. The van der Waals surface area contributed by atoms with Crippen molar-refractivity contribution in [1.82, 2.24) is 10.6 Å². The smallest absolute Gasteiger partial charge is 0.242 e. The van der Waals surface area contributed by atoms with Gasteiger partial charge in [0.15, 0.2) is 0 Å². The van der Waals surface area contributed by atoms with Crippen molar-refractivity contribution < 1.29 is 14.3 Å². The molecule has 0 heterocycles. The molecular weight excluding hydrogens is 324 g/mol. The third-order valence-electron chi connectivity index (χ3n) is 3.34. The molecule has 0 unspecified atom stereocenters. The highest BCUT2D eigenvalue weighted by atomic mass is 16.5. The topological polar surface area (TPSA) is 142 Å². The Kier molecular flexibility index (Phi) is 9.69. The zero-order chi connectivity index (χ0) is 18.5. The van der Waals surface area contributed by atoms with Crippen molar-refractivity contribution in [2.75, 3.05) is 26.3 Å². The predicted octanol–water partition coefficient (Wildman–Crippen LogP) is 0.636. The van der Waals surface area contributed by atoms with Crippen LogP contribution < -0.4 is 16.4 Å². The van der Waals surface area contributed by atoms with E-state index in [1.54, 1.807) is 6.92 Å². The number of nitrogens with zero attached hydrogens (tertiary/aromatic N) is 3. The first-order valence-electron chi connectivity index (χ1n) is 8.00. The lowest BCUT2D eigenvalue weighted by atomic mass is 10.1. The van der Waals surface area contributed by atoms with Gasteiger partial charge in [-0.1, -0.05) is 29.4 Å². The molecule has 1 aromatic carbocycles. The zero-order valence-corrected chi connectivity index (χ0v) is 14.3. The van der Waals surface area contributed by atoms with Crippen LogP contribution in [0.15, 0.2) is 29.4 Å². The van der Waals surface area contributed by atoms with Crippen molar-refractivity contribution in [2.45, 2.75) is 25.9 Å². The lowest BCUT2D eigenvalue weighted by Crippen LogP contribution is -2.46. The summed E-state index contributed by atoms with van der Waals surface area (Å²) < 4.78 is 5.17. The molecule has 0 spiro atoms. The number of carbonyl (C=O) groups excluding carboxylic acids is 2. The van der Waals surface area contributed by atoms with E-state index in [4.69, 9.17) is 16.0 Å². The molecule has 1 rings (SSSR count). The number of ether oxygens (including phenoxy) is 1. The highest BCUT2D eigenvalue weighted by Gasteiger charge is 2.15. The van der Waals surface area contributed by atoms with Crippen LogP contribution >= 0.6 is 0 Å². The Balaban J connectivity index is 2.24. The van der Waals surface area contributed by atoms with Gasteiger partial charge in [-0.25, -0.2) is 0 Å². The predicted molar refractivity (Wildman–Crippen MR) is 93.5 cm³/mol. The maximum atomic E-state index is 12.0. The van der Waals surface area contributed by atoms with Crippen LogP contribution in [-0.2, 0) is 27.3 Å². The van der Waals surface area contributed by atoms with E-state index in [1.807, 2.05) is 24.3 Å². The number of carbonyl (C=O) groups is 2. The molecule has 0 fully saturated rings. The van der Waals surface area contributed by atoms with Crippen LogP contribution in [0.1, 0.15) is 18.1 Å². The summed E-state index contributed by atoms with van der Waals surface area (Å²) in [4.78, 5) is 26.5. The second-order valence-corrected chi connectivity index (χ2v) is 5.34. The van der Waals surface area contributed by atoms with Gasteiger partial charge in [0.05, 0.1) is 19.6 Å². The quantitative estimate of drug-likeness (QED) is 0.233. The Hall–Kier alpha value is -2.61. The maximum absolute atomic E-state index is 12.0. The minimum atomic E-state index is -0.640. The van der Waals surface area contributed by atoms with Crippen LogP contribution in [0.5, 0.6) is 0 Å².